The zero-order chi connectivity index (χ0) is 70.6. The van der Waals surface area contributed by atoms with Crippen LogP contribution in [0.25, 0.3) is 0 Å². The summed E-state index contributed by atoms with van der Waals surface area (Å²) in [6, 6.07) is 44.6. The zero-order valence-corrected chi connectivity index (χ0v) is 62.0. The summed E-state index contributed by atoms with van der Waals surface area (Å²) in [6.45, 7) is 37.1. The molecule has 0 aliphatic heterocycles. The summed E-state index contributed by atoms with van der Waals surface area (Å²) in [4.78, 5) is 29.4. The number of ether oxygens (including phenoxy) is 8. The molecule has 0 saturated heterocycles. The third-order valence-corrected chi connectivity index (χ3v) is 18.3. The number of nitrogens with zero attached hydrogens (tertiary/aromatic N) is 8. The lowest BCUT2D eigenvalue weighted by Crippen LogP contribution is -2.30. The first-order chi connectivity index (χ1) is 48.7. The van der Waals surface area contributed by atoms with Gasteiger partial charge >= 0.3 is 0 Å². The Labute approximate surface area is 597 Å². The van der Waals surface area contributed by atoms with Crippen LogP contribution in [-0.2, 0) is 97.0 Å². The summed E-state index contributed by atoms with van der Waals surface area (Å²) >= 11 is 0. The molecule has 0 radical (unpaired) electrons. The summed E-state index contributed by atoms with van der Waals surface area (Å²) in [5.41, 5.74) is 17.1. The van der Waals surface area contributed by atoms with Gasteiger partial charge in [0.15, 0.2) is 0 Å². The van der Waals surface area contributed by atoms with Gasteiger partial charge in [0.25, 0.3) is 0 Å². The minimum absolute atomic E-state index is 0.195. The van der Waals surface area contributed by atoms with Gasteiger partial charge in [-0.25, -0.2) is 0 Å². The Morgan fingerprint density at radius 2 is 0.480 bits per heavy atom. The minimum atomic E-state index is 0.195. The van der Waals surface area contributed by atoms with Crippen LogP contribution in [-0.4, -0.2) is 143 Å². The Kier molecular flexibility index (Phi) is 30.7. The van der Waals surface area contributed by atoms with E-state index in [1.54, 1.807) is 0 Å². The first kappa shape index (κ1) is 76.5. The van der Waals surface area contributed by atoms with Crippen molar-refractivity contribution in [3.05, 3.63) is 236 Å². The number of pyridine rings is 4. The molecule has 0 spiro atoms. The van der Waals surface area contributed by atoms with E-state index < -0.39 is 0 Å². The molecule has 1 aliphatic rings. The van der Waals surface area contributed by atoms with Gasteiger partial charge in [0.2, 0.25) is 0 Å². The van der Waals surface area contributed by atoms with Crippen molar-refractivity contribution in [2.24, 2.45) is 0 Å². The number of hydrogen-bond acceptors (Lipinski definition) is 16. The SMILES string of the molecule is CCOCCOc1c2cc(CN(Cc3ccccn3)C(C)C)cc1Cc1cc(CN(Cc3ccccn3)C(C)C)cc(c1OCCOCC)Cc1cc(CN(Cc3ccccn3)C(C)C)cc(c1OCCOCC)Cc1cc(CN(Cc3ccccn3)C(C)C)cc(c1OCCOCC)C2. The molecule has 4 aromatic carbocycles. The second kappa shape index (κ2) is 40.1. The van der Waals surface area contributed by atoms with Crippen LogP contribution in [0.2, 0.25) is 0 Å². The van der Waals surface area contributed by atoms with E-state index in [-0.39, 0.29) is 24.2 Å². The van der Waals surface area contributed by atoms with E-state index in [0.717, 1.165) is 113 Å². The Morgan fingerprint density at radius 1 is 0.280 bits per heavy atom. The van der Waals surface area contributed by atoms with Crippen LogP contribution < -0.4 is 18.9 Å². The molecule has 16 nitrogen and oxygen atoms in total. The molecule has 0 saturated carbocycles. The highest BCUT2D eigenvalue weighted by atomic mass is 16.5. The van der Waals surface area contributed by atoms with Crippen LogP contribution in [0.5, 0.6) is 23.0 Å². The van der Waals surface area contributed by atoms with Gasteiger partial charge in [0, 0.05) is 153 Å². The van der Waals surface area contributed by atoms with Crippen LogP contribution in [0.15, 0.2) is 146 Å². The molecule has 0 amide bonds. The van der Waals surface area contributed by atoms with Crippen LogP contribution in [0.3, 0.4) is 0 Å². The lowest BCUT2D eigenvalue weighted by molar-refractivity contribution is 0.108. The number of rotatable bonds is 40. The normalized spacial score (nSPS) is 12.5. The molecular weight excluding hydrogens is 1250 g/mol. The lowest BCUT2D eigenvalue weighted by atomic mass is 9.88. The highest BCUT2D eigenvalue weighted by molar-refractivity contribution is 5.59. The number of benzene rings is 4. The molecule has 0 N–H and O–H groups in total. The smallest absolute Gasteiger partial charge is 0.126 e. The van der Waals surface area contributed by atoms with Crippen molar-refractivity contribution >= 4 is 0 Å². The molecule has 0 fully saturated rings. The van der Waals surface area contributed by atoms with E-state index in [0.29, 0.717) is 157 Å². The monoisotopic (exact) mass is 1360 g/mol. The molecule has 1 aliphatic carbocycles. The summed E-state index contributed by atoms with van der Waals surface area (Å²) in [5.74, 6) is 3.31. The maximum absolute atomic E-state index is 7.32. The van der Waals surface area contributed by atoms with E-state index in [1.807, 2.05) is 76.7 Å². The predicted molar refractivity (Wildman–Crippen MR) is 399 cm³/mol. The topological polar surface area (TPSA) is 138 Å². The summed E-state index contributed by atoms with van der Waals surface area (Å²) in [6.07, 6.45) is 9.49. The van der Waals surface area contributed by atoms with E-state index in [1.165, 1.54) is 0 Å². The highest BCUT2D eigenvalue weighted by Gasteiger charge is 2.28. The first-order valence-electron chi connectivity index (χ1n) is 36.6. The molecule has 4 aromatic heterocycles. The Balaban J connectivity index is 1.37. The van der Waals surface area contributed by atoms with Crippen molar-refractivity contribution in [1.82, 2.24) is 39.5 Å². The van der Waals surface area contributed by atoms with Crippen LogP contribution in [0.4, 0.5) is 0 Å². The maximum Gasteiger partial charge on any atom is 0.126 e. The third-order valence-electron chi connectivity index (χ3n) is 18.3. The molecule has 0 unspecified atom stereocenters. The number of fused-ring (bicyclic) bond motifs is 8. The fourth-order valence-corrected chi connectivity index (χ4v) is 13.1. The third kappa shape index (κ3) is 23.2. The van der Waals surface area contributed by atoms with Crippen LogP contribution in [0, 0.1) is 0 Å². The average molecular weight is 1360 g/mol. The van der Waals surface area contributed by atoms with Gasteiger partial charge in [0.1, 0.15) is 49.4 Å². The molecule has 9 rings (SSSR count). The van der Waals surface area contributed by atoms with Crippen molar-refractivity contribution in [2.45, 2.75) is 185 Å². The van der Waals surface area contributed by atoms with Gasteiger partial charge in [-0.15, -0.1) is 0 Å². The van der Waals surface area contributed by atoms with Gasteiger partial charge < -0.3 is 37.9 Å². The largest absolute Gasteiger partial charge is 0.491 e. The summed E-state index contributed by atoms with van der Waals surface area (Å²) in [5, 5.41) is 0. The zero-order valence-electron chi connectivity index (χ0n) is 62.0. The van der Waals surface area contributed by atoms with Gasteiger partial charge in [-0.2, -0.15) is 0 Å². The maximum atomic E-state index is 7.32. The van der Waals surface area contributed by atoms with Gasteiger partial charge in [-0.1, -0.05) is 72.8 Å². The summed E-state index contributed by atoms with van der Waals surface area (Å²) in [7, 11) is 0. The fraction of sp³-hybridized carbons (Fsp3) is 0.476. The first-order valence-corrected chi connectivity index (χ1v) is 36.6. The number of aromatic nitrogens is 4. The van der Waals surface area contributed by atoms with Crippen LogP contribution >= 0.6 is 0 Å². The summed E-state index contributed by atoms with van der Waals surface area (Å²) < 4.78 is 53.7. The fourth-order valence-electron chi connectivity index (χ4n) is 13.1. The standard InChI is InChI=1S/C84H112N8O8/c1-13-93-33-37-97-81-69-41-65(53-89(61(5)6)57-77-25-17-21-29-85-77)42-70(81)50-72-44-67(55-91(63(9)10)59-79-27-19-23-31-87-79)46-74(83(72)99-39-35-95-15-3)52-76-48-68(56-92(64(11)12)60-80-28-20-24-32-88-80)47-75(84(76)100-40-36-96-16-4)51-73-45-66(43-71(49-69)82(73)98-38-34-94-14-2)54-90(62(7)8)58-78-26-18-22-30-86-78/h17-32,41-48,61-64H,13-16,33-40,49-60H2,1-12H3. The Morgan fingerprint density at radius 3 is 0.640 bits per heavy atom. The van der Waals surface area contributed by atoms with E-state index >= 15 is 0 Å². The second-order valence-corrected chi connectivity index (χ2v) is 27.1. The average Bonchev–Trinajstić information content (AvgIpc) is 0.775. The van der Waals surface area contributed by atoms with Crippen molar-refractivity contribution in [1.29, 1.82) is 0 Å². The van der Waals surface area contributed by atoms with Gasteiger partial charge in [-0.05, 0) is 198 Å². The number of hydrogen-bond donors (Lipinski definition) is 0. The quantitative estimate of drug-likeness (QED) is 0.0336. The second-order valence-electron chi connectivity index (χ2n) is 27.1. The van der Waals surface area contributed by atoms with E-state index in [2.05, 4.69) is 172 Å². The molecular formula is C84H112N8O8. The van der Waals surface area contributed by atoms with Gasteiger partial charge in [-0.3, -0.25) is 39.5 Å². The van der Waals surface area contributed by atoms with Crippen LogP contribution in [0.1, 0.15) is 173 Å². The molecule has 4 heterocycles. The van der Waals surface area contributed by atoms with Crippen molar-refractivity contribution in [3.8, 4) is 23.0 Å². The minimum Gasteiger partial charge on any atom is -0.491 e. The predicted octanol–water partition coefficient (Wildman–Crippen LogP) is 15.2. The highest BCUT2D eigenvalue weighted by Crippen LogP contribution is 2.42. The van der Waals surface area contributed by atoms with Crippen molar-refractivity contribution < 1.29 is 37.9 Å². The van der Waals surface area contributed by atoms with E-state index in [4.69, 9.17) is 57.8 Å². The molecule has 0 atom stereocenters. The molecule has 8 aromatic rings. The van der Waals surface area contributed by atoms with Crippen molar-refractivity contribution in [3.63, 3.8) is 0 Å². The molecule has 100 heavy (non-hydrogen) atoms. The Hall–Kier alpha value is -7.64. The van der Waals surface area contributed by atoms with Crippen molar-refractivity contribution in [2.75, 3.05) is 79.3 Å². The van der Waals surface area contributed by atoms with Gasteiger partial charge in [0.05, 0.1) is 49.2 Å². The van der Waals surface area contributed by atoms with E-state index in [9.17, 15) is 0 Å². The molecule has 16 heteroatoms. The molecule has 8 bridgehead atoms. The molecule has 536 valence electrons. The lowest BCUT2D eigenvalue weighted by Gasteiger charge is -2.29. The Bertz CT molecular complexity index is 3130.